The van der Waals surface area contributed by atoms with Crippen LogP contribution in [0.25, 0.3) is 11.5 Å². The summed E-state index contributed by atoms with van der Waals surface area (Å²) in [5.41, 5.74) is 3.15. The highest BCUT2D eigenvalue weighted by Crippen LogP contribution is 2.20. The first-order valence-electron chi connectivity index (χ1n) is 10.4. The Kier molecular flexibility index (Phi) is 6.11. The predicted octanol–water partition coefficient (Wildman–Crippen LogP) is 1.24. The van der Waals surface area contributed by atoms with Crippen LogP contribution in [0.5, 0.6) is 5.75 Å². The van der Waals surface area contributed by atoms with Crippen LogP contribution in [0.3, 0.4) is 0 Å². The molecule has 0 amide bonds. The van der Waals surface area contributed by atoms with Crippen LogP contribution in [-0.4, -0.2) is 43.5 Å². The van der Waals surface area contributed by atoms with E-state index in [0.29, 0.717) is 17.5 Å². The molecule has 0 aliphatic carbocycles. The molecule has 6 nitrogen and oxygen atoms in total. The molecule has 3 aromatic rings. The van der Waals surface area contributed by atoms with E-state index in [2.05, 4.69) is 24.0 Å². The molecule has 0 unspecified atom stereocenters. The van der Waals surface area contributed by atoms with Gasteiger partial charge in [0.1, 0.15) is 32.7 Å². The Morgan fingerprint density at radius 2 is 1.80 bits per heavy atom. The second-order valence-corrected chi connectivity index (χ2v) is 8.09. The number of ether oxygens (including phenoxy) is 1. The highest BCUT2D eigenvalue weighted by molar-refractivity contribution is 5.52. The quantitative estimate of drug-likeness (QED) is 0.640. The minimum Gasteiger partial charge on any atom is -0.494 e. The Morgan fingerprint density at radius 3 is 2.47 bits per heavy atom. The lowest BCUT2D eigenvalue weighted by Gasteiger charge is -2.32. The number of quaternary nitrogens is 2. The van der Waals surface area contributed by atoms with Gasteiger partial charge < -0.3 is 19.0 Å². The lowest BCUT2D eigenvalue weighted by Crippen LogP contribution is -3.27. The third-order valence-electron chi connectivity index (χ3n) is 5.99. The molecule has 7 heteroatoms. The number of aryl methyl sites for hydroxylation is 1. The summed E-state index contributed by atoms with van der Waals surface area (Å²) in [6, 6.07) is 13.5. The number of piperazine rings is 1. The van der Waals surface area contributed by atoms with Crippen molar-refractivity contribution in [3.8, 4) is 17.2 Å². The fourth-order valence-electron chi connectivity index (χ4n) is 4.04. The largest absolute Gasteiger partial charge is 0.494 e. The summed E-state index contributed by atoms with van der Waals surface area (Å²) >= 11 is 0. The van der Waals surface area contributed by atoms with Crippen molar-refractivity contribution in [1.82, 2.24) is 10.2 Å². The number of hydrogen-bond donors (Lipinski definition) is 2. The van der Waals surface area contributed by atoms with Crippen LogP contribution < -0.4 is 14.5 Å². The van der Waals surface area contributed by atoms with Crippen molar-refractivity contribution in [3.63, 3.8) is 0 Å². The summed E-state index contributed by atoms with van der Waals surface area (Å²) in [6.45, 7) is 9.08. The Hall–Kier alpha value is -2.77. The zero-order valence-corrected chi connectivity index (χ0v) is 17.7. The van der Waals surface area contributed by atoms with Gasteiger partial charge in [0.05, 0.1) is 7.11 Å². The molecule has 158 valence electrons. The van der Waals surface area contributed by atoms with Crippen molar-refractivity contribution < 1.29 is 23.3 Å². The summed E-state index contributed by atoms with van der Waals surface area (Å²) in [5.74, 6) is 1.25. The van der Waals surface area contributed by atoms with Crippen molar-refractivity contribution in [3.05, 3.63) is 65.3 Å². The van der Waals surface area contributed by atoms with Crippen molar-refractivity contribution in [2.24, 2.45) is 0 Å². The predicted molar refractivity (Wildman–Crippen MR) is 111 cm³/mol. The summed E-state index contributed by atoms with van der Waals surface area (Å²) in [6.07, 6.45) is 0. The third kappa shape index (κ3) is 4.52. The normalized spacial score (nSPS) is 20.1. The van der Waals surface area contributed by atoms with Crippen LogP contribution >= 0.6 is 0 Å². The zero-order chi connectivity index (χ0) is 21.1. The molecule has 0 spiro atoms. The van der Waals surface area contributed by atoms with E-state index in [1.165, 1.54) is 22.5 Å². The number of nitrogens with one attached hydrogen (secondary N) is 2. The molecule has 1 aliphatic rings. The standard InChI is InChI=1S/C23H27FN4O2/c1-16-4-7-19(8-5-16)23-26-25-22(30-23)17(2)28-12-10-27(11-13-28)15-18-6-9-21(29-3)20(24)14-18/h4-9,14,17H,10-13,15H2,1-3H3/p+2/t17-/m1/s1. The van der Waals surface area contributed by atoms with Crippen LogP contribution in [0.2, 0.25) is 0 Å². The van der Waals surface area contributed by atoms with E-state index in [1.807, 2.05) is 30.3 Å². The lowest BCUT2D eigenvalue weighted by atomic mass is 10.1. The Labute approximate surface area is 176 Å². The summed E-state index contributed by atoms with van der Waals surface area (Å²) in [4.78, 5) is 2.90. The van der Waals surface area contributed by atoms with Crippen molar-refractivity contribution >= 4 is 0 Å². The van der Waals surface area contributed by atoms with E-state index in [1.54, 1.807) is 12.1 Å². The van der Waals surface area contributed by atoms with Gasteiger partial charge in [0.15, 0.2) is 17.6 Å². The van der Waals surface area contributed by atoms with Gasteiger partial charge in [-0.3, -0.25) is 0 Å². The molecule has 2 aromatic carbocycles. The Morgan fingerprint density at radius 1 is 1.07 bits per heavy atom. The minimum atomic E-state index is -0.298. The van der Waals surface area contributed by atoms with Crippen LogP contribution in [0, 0.1) is 12.7 Å². The van der Waals surface area contributed by atoms with E-state index in [0.717, 1.165) is 43.9 Å². The molecular weight excluding hydrogens is 383 g/mol. The van der Waals surface area contributed by atoms with Gasteiger partial charge in [-0.1, -0.05) is 17.7 Å². The SMILES string of the molecule is COc1ccc(C[NH+]2CC[NH+]([C@H](C)c3nnc(-c4ccc(C)cc4)o3)CC2)cc1F. The van der Waals surface area contributed by atoms with E-state index in [9.17, 15) is 4.39 Å². The summed E-state index contributed by atoms with van der Waals surface area (Å²) < 4.78 is 24.9. The van der Waals surface area contributed by atoms with Gasteiger partial charge in [0.25, 0.3) is 5.89 Å². The molecule has 4 rings (SSSR count). The van der Waals surface area contributed by atoms with Crippen LogP contribution in [0.4, 0.5) is 4.39 Å². The van der Waals surface area contributed by atoms with E-state index in [-0.39, 0.29) is 11.9 Å². The Balaban J connectivity index is 1.34. The monoisotopic (exact) mass is 412 g/mol. The first-order chi connectivity index (χ1) is 14.5. The van der Waals surface area contributed by atoms with Crippen LogP contribution in [0.15, 0.2) is 46.9 Å². The number of methoxy groups -OCH3 is 1. The highest BCUT2D eigenvalue weighted by atomic mass is 19.1. The molecule has 1 saturated heterocycles. The minimum absolute atomic E-state index is 0.150. The van der Waals surface area contributed by atoms with Gasteiger partial charge in [-0.25, -0.2) is 4.39 Å². The average molecular weight is 413 g/mol. The fourth-order valence-corrected chi connectivity index (χ4v) is 4.04. The molecular formula is C23H29FN4O2+2. The molecule has 1 fully saturated rings. The molecule has 1 aromatic heterocycles. The number of aromatic nitrogens is 2. The smallest absolute Gasteiger partial charge is 0.274 e. The van der Waals surface area contributed by atoms with Gasteiger partial charge in [-0.15, -0.1) is 10.2 Å². The van der Waals surface area contributed by atoms with Crippen molar-refractivity contribution in [1.29, 1.82) is 0 Å². The van der Waals surface area contributed by atoms with Gasteiger partial charge in [-0.2, -0.15) is 0 Å². The maximum absolute atomic E-state index is 13.9. The highest BCUT2D eigenvalue weighted by Gasteiger charge is 2.31. The third-order valence-corrected chi connectivity index (χ3v) is 5.99. The summed E-state index contributed by atoms with van der Waals surface area (Å²) in [5, 5.41) is 8.55. The molecule has 2 N–H and O–H groups in total. The molecule has 2 heterocycles. The fraction of sp³-hybridized carbons (Fsp3) is 0.391. The Bertz CT molecular complexity index is 981. The number of rotatable bonds is 6. The summed E-state index contributed by atoms with van der Waals surface area (Å²) in [7, 11) is 1.49. The number of hydrogen-bond acceptors (Lipinski definition) is 4. The first-order valence-corrected chi connectivity index (χ1v) is 10.4. The van der Waals surface area contributed by atoms with Crippen LogP contribution in [-0.2, 0) is 6.54 Å². The van der Waals surface area contributed by atoms with Gasteiger partial charge in [0, 0.05) is 11.1 Å². The second-order valence-electron chi connectivity index (χ2n) is 8.09. The van der Waals surface area contributed by atoms with Gasteiger partial charge in [0.2, 0.25) is 5.89 Å². The molecule has 1 atom stereocenters. The van der Waals surface area contributed by atoms with Gasteiger partial charge >= 0.3 is 0 Å². The average Bonchev–Trinajstić information content (AvgIpc) is 3.25. The molecule has 0 radical (unpaired) electrons. The first kappa shape index (κ1) is 20.5. The maximum Gasteiger partial charge on any atom is 0.274 e. The van der Waals surface area contributed by atoms with E-state index >= 15 is 0 Å². The lowest BCUT2D eigenvalue weighted by molar-refractivity contribution is -1.03. The number of benzene rings is 2. The van der Waals surface area contributed by atoms with Crippen molar-refractivity contribution in [2.75, 3.05) is 33.3 Å². The van der Waals surface area contributed by atoms with Gasteiger partial charge in [-0.05, 0) is 44.2 Å². The van der Waals surface area contributed by atoms with E-state index in [4.69, 9.17) is 9.15 Å². The molecule has 1 aliphatic heterocycles. The maximum atomic E-state index is 13.9. The molecule has 0 saturated carbocycles. The molecule has 30 heavy (non-hydrogen) atoms. The zero-order valence-electron chi connectivity index (χ0n) is 17.7. The second kappa shape index (κ2) is 8.93. The van der Waals surface area contributed by atoms with Crippen LogP contribution in [0.1, 0.15) is 30.0 Å². The number of halogens is 1. The topological polar surface area (TPSA) is 57.0 Å². The van der Waals surface area contributed by atoms with Crippen molar-refractivity contribution in [2.45, 2.75) is 26.4 Å². The van der Waals surface area contributed by atoms with E-state index < -0.39 is 0 Å². The number of nitrogens with zero attached hydrogens (tertiary/aromatic N) is 2. The molecule has 0 bridgehead atoms.